The molecule has 6 nitrogen and oxygen atoms in total. The van der Waals surface area contributed by atoms with E-state index in [1.54, 1.807) is 30.3 Å². The summed E-state index contributed by atoms with van der Waals surface area (Å²) >= 11 is 6.08. The largest absolute Gasteiger partial charge is 0.310 e. The van der Waals surface area contributed by atoms with E-state index >= 15 is 0 Å². The van der Waals surface area contributed by atoms with Crippen LogP contribution in [0.2, 0.25) is 5.02 Å². The number of hydrogen-bond donors (Lipinski definition) is 0. The zero-order valence-corrected chi connectivity index (χ0v) is 16.4. The van der Waals surface area contributed by atoms with Crippen molar-refractivity contribution in [2.45, 2.75) is 26.8 Å². The summed E-state index contributed by atoms with van der Waals surface area (Å²) in [4.78, 5) is 31.6. The first-order chi connectivity index (χ1) is 13.4. The number of hydrogen-bond acceptors (Lipinski definition) is 4. The Balaban J connectivity index is 1.95. The molecule has 0 fully saturated rings. The van der Waals surface area contributed by atoms with E-state index in [-0.39, 0.29) is 31.0 Å². The number of para-hydroxylation sites is 1. The Morgan fingerprint density at radius 2 is 2.04 bits per heavy atom. The highest BCUT2D eigenvalue weighted by Crippen LogP contribution is 2.23. The Morgan fingerprint density at radius 1 is 1.25 bits per heavy atom. The van der Waals surface area contributed by atoms with Gasteiger partial charge in [0.2, 0.25) is 5.91 Å². The number of nitriles is 1. The van der Waals surface area contributed by atoms with Crippen LogP contribution in [0.4, 0.5) is 5.69 Å². The molecule has 3 rings (SSSR count). The number of rotatable bonds is 5. The molecule has 0 aliphatic rings. The summed E-state index contributed by atoms with van der Waals surface area (Å²) in [6.45, 7) is 3.80. The lowest BCUT2D eigenvalue weighted by molar-refractivity contribution is -0.119. The molecule has 142 valence electrons. The van der Waals surface area contributed by atoms with E-state index in [1.807, 2.05) is 19.9 Å². The van der Waals surface area contributed by atoms with Crippen LogP contribution >= 0.6 is 11.6 Å². The third kappa shape index (κ3) is 3.90. The van der Waals surface area contributed by atoms with Crippen LogP contribution in [-0.4, -0.2) is 22.0 Å². The van der Waals surface area contributed by atoms with E-state index in [0.29, 0.717) is 21.6 Å². The van der Waals surface area contributed by atoms with Crippen molar-refractivity contribution < 1.29 is 4.79 Å². The average molecular weight is 395 g/mol. The zero-order valence-electron chi connectivity index (χ0n) is 15.6. The van der Waals surface area contributed by atoms with E-state index in [9.17, 15) is 9.59 Å². The molecule has 0 saturated heterocycles. The Kier molecular flexibility index (Phi) is 5.76. The maximum absolute atomic E-state index is 13.0. The number of aryl methyl sites for hydroxylation is 2. The fraction of sp³-hybridized carbons (Fsp3) is 0.238. The molecule has 0 atom stereocenters. The molecule has 28 heavy (non-hydrogen) atoms. The Labute approximate surface area is 167 Å². The van der Waals surface area contributed by atoms with E-state index in [4.69, 9.17) is 16.9 Å². The van der Waals surface area contributed by atoms with Gasteiger partial charge in [-0.25, -0.2) is 4.98 Å². The predicted octanol–water partition coefficient (Wildman–Crippen LogP) is 3.61. The van der Waals surface area contributed by atoms with Crippen LogP contribution in [0.15, 0.2) is 47.5 Å². The number of amides is 1. The minimum Gasteiger partial charge on any atom is -0.310 e. The molecule has 1 heterocycles. The summed E-state index contributed by atoms with van der Waals surface area (Å²) in [6.07, 6.45) is 1.57. The predicted molar refractivity (Wildman–Crippen MR) is 110 cm³/mol. The van der Waals surface area contributed by atoms with Crippen molar-refractivity contribution in [3.05, 3.63) is 69.2 Å². The van der Waals surface area contributed by atoms with Gasteiger partial charge in [-0.15, -0.1) is 0 Å². The lowest BCUT2D eigenvalue weighted by atomic mass is 10.1. The van der Waals surface area contributed by atoms with Gasteiger partial charge in [-0.2, -0.15) is 5.26 Å². The van der Waals surface area contributed by atoms with E-state index in [0.717, 1.165) is 11.1 Å². The summed E-state index contributed by atoms with van der Waals surface area (Å²) in [5.74, 6) is -0.298. The van der Waals surface area contributed by atoms with Gasteiger partial charge in [0.15, 0.2) is 0 Å². The van der Waals surface area contributed by atoms with Crippen molar-refractivity contribution in [3.8, 4) is 6.07 Å². The van der Waals surface area contributed by atoms with Crippen molar-refractivity contribution in [1.29, 1.82) is 5.26 Å². The first-order valence-electron chi connectivity index (χ1n) is 8.80. The summed E-state index contributed by atoms with van der Waals surface area (Å²) in [7, 11) is 0. The molecular formula is C21H19ClN4O2. The minimum atomic E-state index is -0.298. The Hall–Kier alpha value is -3.17. The fourth-order valence-electron chi connectivity index (χ4n) is 3.04. The number of carbonyl (C=O) groups excluding carboxylic acids is 1. The van der Waals surface area contributed by atoms with Gasteiger partial charge in [0.25, 0.3) is 5.56 Å². The topological polar surface area (TPSA) is 79.0 Å². The highest BCUT2D eigenvalue weighted by Gasteiger charge is 2.18. The van der Waals surface area contributed by atoms with Crippen LogP contribution in [0.3, 0.4) is 0 Å². The van der Waals surface area contributed by atoms with Crippen LogP contribution in [0.1, 0.15) is 17.5 Å². The molecule has 0 N–H and O–H groups in total. The smallest absolute Gasteiger partial charge is 0.261 e. The number of aromatic nitrogens is 2. The first kappa shape index (κ1) is 19.6. The van der Waals surface area contributed by atoms with Crippen LogP contribution < -0.4 is 10.5 Å². The average Bonchev–Trinajstić information content (AvgIpc) is 2.67. The van der Waals surface area contributed by atoms with Gasteiger partial charge < -0.3 is 4.90 Å². The number of carbonyl (C=O) groups is 1. The van der Waals surface area contributed by atoms with Crippen molar-refractivity contribution in [2.24, 2.45) is 0 Å². The van der Waals surface area contributed by atoms with Gasteiger partial charge in [-0.05, 0) is 49.2 Å². The van der Waals surface area contributed by atoms with E-state index in [1.165, 1.54) is 15.8 Å². The zero-order chi connectivity index (χ0) is 20.3. The Morgan fingerprint density at radius 3 is 2.75 bits per heavy atom. The molecule has 0 bridgehead atoms. The lowest BCUT2D eigenvalue weighted by Gasteiger charge is -2.23. The quantitative estimate of drug-likeness (QED) is 0.662. The standard InChI is InChI=1S/C21H19ClN4O2/c1-14-5-3-6-17-20(14)24-13-25(21(17)28)12-19(27)26(10-4-9-23)16-7-8-18(22)15(2)11-16/h3,5-8,11,13H,4,10,12H2,1-2H3. The molecule has 1 amide bonds. The molecule has 3 aromatic rings. The second kappa shape index (κ2) is 8.24. The summed E-state index contributed by atoms with van der Waals surface area (Å²) in [5, 5.41) is 10.0. The summed E-state index contributed by atoms with van der Waals surface area (Å²) < 4.78 is 1.30. The second-order valence-electron chi connectivity index (χ2n) is 6.54. The van der Waals surface area contributed by atoms with Gasteiger partial charge in [0.1, 0.15) is 6.54 Å². The molecule has 0 spiro atoms. The maximum Gasteiger partial charge on any atom is 0.261 e. The molecule has 0 saturated carbocycles. The third-order valence-electron chi connectivity index (χ3n) is 4.56. The van der Waals surface area contributed by atoms with Crippen molar-refractivity contribution >= 4 is 34.1 Å². The van der Waals surface area contributed by atoms with E-state index in [2.05, 4.69) is 11.1 Å². The SMILES string of the molecule is Cc1cc(N(CCC#N)C(=O)Cn2cnc3c(C)cccc3c2=O)ccc1Cl. The first-order valence-corrected chi connectivity index (χ1v) is 9.18. The molecule has 1 aromatic heterocycles. The van der Waals surface area contributed by atoms with Crippen LogP contribution in [0.25, 0.3) is 10.9 Å². The molecule has 0 aliphatic carbocycles. The number of halogens is 1. The van der Waals surface area contributed by atoms with Crippen LogP contribution in [0.5, 0.6) is 0 Å². The van der Waals surface area contributed by atoms with Gasteiger partial charge in [-0.1, -0.05) is 23.7 Å². The second-order valence-corrected chi connectivity index (χ2v) is 6.94. The lowest BCUT2D eigenvalue weighted by Crippen LogP contribution is -2.37. The van der Waals surface area contributed by atoms with Crippen molar-refractivity contribution in [3.63, 3.8) is 0 Å². The molecule has 7 heteroatoms. The van der Waals surface area contributed by atoms with E-state index < -0.39 is 0 Å². The fourth-order valence-corrected chi connectivity index (χ4v) is 3.16. The number of benzene rings is 2. The maximum atomic E-state index is 13.0. The van der Waals surface area contributed by atoms with Crippen LogP contribution in [-0.2, 0) is 11.3 Å². The monoisotopic (exact) mass is 394 g/mol. The van der Waals surface area contributed by atoms with Gasteiger partial charge in [0, 0.05) is 17.3 Å². The number of fused-ring (bicyclic) bond motifs is 1. The molecule has 0 aliphatic heterocycles. The minimum absolute atomic E-state index is 0.164. The van der Waals surface area contributed by atoms with Gasteiger partial charge in [0.05, 0.1) is 29.7 Å². The molecule has 0 radical (unpaired) electrons. The normalized spacial score (nSPS) is 10.6. The highest BCUT2D eigenvalue weighted by atomic mass is 35.5. The molecule has 0 unspecified atom stereocenters. The Bertz CT molecular complexity index is 1150. The number of nitrogens with zero attached hydrogens (tertiary/aromatic N) is 4. The molecule has 2 aromatic carbocycles. The van der Waals surface area contributed by atoms with Crippen LogP contribution in [0, 0.1) is 25.2 Å². The van der Waals surface area contributed by atoms with Gasteiger partial charge >= 0.3 is 0 Å². The third-order valence-corrected chi connectivity index (χ3v) is 4.99. The highest BCUT2D eigenvalue weighted by molar-refractivity contribution is 6.31. The summed E-state index contributed by atoms with van der Waals surface area (Å²) in [5.41, 5.74) is 2.73. The van der Waals surface area contributed by atoms with Crippen molar-refractivity contribution in [1.82, 2.24) is 9.55 Å². The molecular weight excluding hydrogens is 376 g/mol. The number of anilines is 1. The summed E-state index contributed by atoms with van der Waals surface area (Å²) in [6, 6.07) is 12.7. The van der Waals surface area contributed by atoms with Gasteiger partial charge in [-0.3, -0.25) is 14.2 Å². The van der Waals surface area contributed by atoms with Crippen molar-refractivity contribution in [2.75, 3.05) is 11.4 Å².